The highest BCUT2D eigenvalue weighted by Crippen LogP contribution is 2.27. The quantitative estimate of drug-likeness (QED) is 0.310. The second-order valence-electron chi connectivity index (χ2n) is 10.3. The van der Waals surface area contributed by atoms with Crippen molar-refractivity contribution in [3.8, 4) is 0 Å². The lowest BCUT2D eigenvalue weighted by molar-refractivity contribution is -0.384. The molecule has 2 saturated heterocycles. The zero-order chi connectivity index (χ0) is 28.1. The number of hydrogen-bond donors (Lipinski definition) is 1. The fourth-order valence-electron chi connectivity index (χ4n) is 5.44. The highest BCUT2D eigenvalue weighted by molar-refractivity contribution is 6.33. The molecule has 1 amide bonds. The van der Waals surface area contributed by atoms with Crippen molar-refractivity contribution in [1.82, 2.24) is 20.1 Å². The summed E-state index contributed by atoms with van der Waals surface area (Å²) in [7, 11) is 0. The van der Waals surface area contributed by atoms with Gasteiger partial charge in [0.2, 0.25) is 0 Å². The molecule has 2 aliphatic heterocycles. The van der Waals surface area contributed by atoms with Crippen LogP contribution in [-0.4, -0.2) is 70.9 Å². The Morgan fingerprint density at radius 2 is 1.77 bits per heavy atom. The van der Waals surface area contributed by atoms with Crippen molar-refractivity contribution < 1.29 is 15.5 Å². The number of nitrogens with zero attached hydrogens (tertiary/aromatic N) is 5. The Labute approximate surface area is 239 Å². The molecule has 2 fully saturated rings. The minimum atomic E-state index is -0.369. The monoisotopic (exact) mass is 568 g/mol. The average Bonchev–Trinajstić information content (AvgIpc) is 2.97. The summed E-state index contributed by atoms with van der Waals surface area (Å²) < 4.78 is 13.4. The van der Waals surface area contributed by atoms with Crippen molar-refractivity contribution in [2.75, 3.05) is 44.2 Å². The van der Waals surface area contributed by atoms with E-state index in [4.69, 9.17) is 11.6 Å². The maximum absolute atomic E-state index is 13.4. The van der Waals surface area contributed by atoms with E-state index in [1.165, 1.54) is 18.3 Å². The van der Waals surface area contributed by atoms with E-state index in [0.29, 0.717) is 28.0 Å². The van der Waals surface area contributed by atoms with Gasteiger partial charge in [-0.05, 0) is 55.3 Å². The summed E-state index contributed by atoms with van der Waals surface area (Å²) in [6, 6.07) is 15.1. The topological polar surface area (TPSA) is 94.9 Å². The van der Waals surface area contributed by atoms with Gasteiger partial charge >= 0.3 is 0 Å². The Balaban J connectivity index is 0.00000387. The first-order chi connectivity index (χ1) is 19.4. The molecule has 11 heteroatoms. The van der Waals surface area contributed by atoms with E-state index < -0.39 is 0 Å². The van der Waals surface area contributed by atoms with Crippen molar-refractivity contribution >= 4 is 29.0 Å². The van der Waals surface area contributed by atoms with E-state index in [2.05, 4.69) is 25.0 Å². The molecule has 1 N–H and O–H groups in total. The van der Waals surface area contributed by atoms with Crippen LogP contribution in [0, 0.1) is 15.9 Å². The van der Waals surface area contributed by atoms with Crippen LogP contribution in [0.3, 0.4) is 0 Å². The number of aromatic nitrogens is 1. The van der Waals surface area contributed by atoms with E-state index in [-0.39, 0.29) is 30.3 Å². The van der Waals surface area contributed by atoms with Crippen LogP contribution in [0.4, 0.5) is 15.9 Å². The lowest BCUT2D eigenvalue weighted by atomic mass is 10.0. The van der Waals surface area contributed by atoms with Gasteiger partial charge in [0, 0.05) is 65.1 Å². The molecule has 212 valence electrons. The molecule has 2 aliphatic rings. The molecule has 1 aromatic heterocycles. The summed E-state index contributed by atoms with van der Waals surface area (Å²) in [6.45, 7) is 6.47. The normalized spacial score (nSPS) is 17.1. The number of nitro benzene ring substituents is 1. The second-order valence-corrected chi connectivity index (χ2v) is 10.7. The highest BCUT2D eigenvalue weighted by Gasteiger charge is 2.28. The van der Waals surface area contributed by atoms with Gasteiger partial charge in [-0.1, -0.05) is 35.9 Å². The summed E-state index contributed by atoms with van der Waals surface area (Å²) in [6.07, 6.45) is 3.71. The number of rotatable bonds is 8. The van der Waals surface area contributed by atoms with Gasteiger partial charge in [-0.15, -0.1) is 0 Å². The Kier molecular flexibility index (Phi) is 8.88. The Morgan fingerprint density at radius 3 is 2.42 bits per heavy atom. The van der Waals surface area contributed by atoms with E-state index >= 15 is 0 Å². The first-order valence-corrected chi connectivity index (χ1v) is 13.9. The van der Waals surface area contributed by atoms with E-state index in [1.54, 1.807) is 30.3 Å². The van der Waals surface area contributed by atoms with Crippen molar-refractivity contribution in [1.29, 1.82) is 0 Å². The molecule has 3 aromatic rings. The SMILES string of the molecule is O=C(NCc1cccc(F)c1)c1cnc(N2CCN(C3CCN(Cc4ccc([N+](=O)[O-])cc4)CC3)CC2)c(Cl)c1.[HH]. The molecule has 5 rings (SSSR count). The van der Waals surface area contributed by atoms with Crippen molar-refractivity contribution in [2.45, 2.75) is 32.0 Å². The Bertz CT molecular complexity index is 1350. The van der Waals surface area contributed by atoms with Crippen LogP contribution >= 0.6 is 11.6 Å². The van der Waals surface area contributed by atoms with Gasteiger partial charge in [-0.2, -0.15) is 0 Å². The van der Waals surface area contributed by atoms with Gasteiger partial charge in [0.1, 0.15) is 11.6 Å². The van der Waals surface area contributed by atoms with Crippen molar-refractivity contribution in [3.05, 3.63) is 98.4 Å². The number of carbonyl (C=O) groups is 1. The molecule has 2 aromatic carbocycles. The third-order valence-electron chi connectivity index (χ3n) is 7.67. The molecule has 3 heterocycles. The van der Waals surface area contributed by atoms with Crippen LogP contribution < -0.4 is 10.2 Å². The number of benzene rings is 2. The number of hydrogen-bond acceptors (Lipinski definition) is 7. The van der Waals surface area contributed by atoms with Gasteiger partial charge in [-0.25, -0.2) is 9.37 Å². The summed E-state index contributed by atoms with van der Waals surface area (Å²) in [4.78, 5) is 34.7. The first-order valence-electron chi connectivity index (χ1n) is 13.5. The first kappa shape index (κ1) is 27.9. The number of non-ortho nitro benzene ring substituents is 1. The number of piperazine rings is 1. The summed E-state index contributed by atoms with van der Waals surface area (Å²) in [5.41, 5.74) is 2.26. The highest BCUT2D eigenvalue weighted by atomic mass is 35.5. The molecule has 0 spiro atoms. The fraction of sp³-hybridized carbons (Fsp3) is 0.379. The maximum atomic E-state index is 13.4. The predicted molar refractivity (Wildman–Crippen MR) is 154 cm³/mol. The van der Waals surface area contributed by atoms with Gasteiger partial charge in [0.25, 0.3) is 11.6 Å². The molecule has 0 atom stereocenters. The molecule has 0 radical (unpaired) electrons. The third kappa shape index (κ3) is 6.93. The number of nitro groups is 1. The Hall–Kier alpha value is -3.60. The van der Waals surface area contributed by atoms with Crippen LogP contribution in [0.1, 0.15) is 35.8 Å². The zero-order valence-electron chi connectivity index (χ0n) is 22.1. The molecule has 0 saturated carbocycles. The number of amides is 1. The molecular weight excluding hydrogens is 535 g/mol. The number of piperidine rings is 1. The molecule has 0 aliphatic carbocycles. The third-order valence-corrected chi connectivity index (χ3v) is 7.94. The zero-order valence-corrected chi connectivity index (χ0v) is 22.9. The van der Waals surface area contributed by atoms with E-state index in [0.717, 1.165) is 64.2 Å². The maximum Gasteiger partial charge on any atom is 0.269 e. The minimum absolute atomic E-state index is 0. The van der Waals surface area contributed by atoms with Crippen LogP contribution in [0.15, 0.2) is 60.8 Å². The van der Waals surface area contributed by atoms with Gasteiger partial charge < -0.3 is 10.2 Å². The largest absolute Gasteiger partial charge is 0.353 e. The van der Waals surface area contributed by atoms with Gasteiger partial charge in [-0.3, -0.25) is 24.7 Å². The predicted octanol–water partition coefficient (Wildman–Crippen LogP) is 4.74. The molecule has 0 unspecified atom stereocenters. The standard InChI is InChI=1S/C29H32ClFN6O3.H2/c30-27-17-23(29(38)33-18-22-2-1-3-24(31)16-22)19-32-28(27)36-14-12-35(13-15-36)25-8-10-34(11-9-25)20-21-4-6-26(7-5-21)37(39)40;/h1-7,16-17,19,25H,8-15,18,20H2,(H,33,38);1H. The lowest BCUT2D eigenvalue weighted by Crippen LogP contribution is -2.53. The van der Waals surface area contributed by atoms with Gasteiger partial charge in [0.15, 0.2) is 0 Å². The minimum Gasteiger partial charge on any atom is -0.353 e. The number of nitrogens with one attached hydrogen (secondary N) is 1. The second kappa shape index (κ2) is 12.7. The summed E-state index contributed by atoms with van der Waals surface area (Å²) >= 11 is 6.55. The number of carbonyl (C=O) groups excluding carboxylic acids is 1. The fourth-order valence-corrected chi connectivity index (χ4v) is 5.73. The molecular formula is C29H34ClFN6O3. The molecule has 9 nitrogen and oxygen atoms in total. The summed E-state index contributed by atoms with van der Waals surface area (Å²) in [5, 5.41) is 14.1. The lowest BCUT2D eigenvalue weighted by Gasteiger charge is -2.43. The molecule has 40 heavy (non-hydrogen) atoms. The van der Waals surface area contributed by atoms with Crippen molar-refractivity contribution in [3.63, 3.8) is 0 Å². The number of anilines is 1. The number of likely N-dealkylation sites (tertiary alicyclic amines) is 1. The van der Waals surface area contributed by atoms with E-state index in [1.807, 2.05) is 12.1 Å². The van der Waals surface area contributed by atoms with Gasteiger partial charge in [0.05, 0.1) is 15.5 Å². The number of halogens is 2. The van der Waals surface area contributed by atoms with E-state index in [9.17, 15) is 19.3 Å². The average molecular weight is 569 g/mol. The van der Waals surface area contributed by atoms with Crippen LogP contribution in [0.2, 0.25) is 5.02 Å². The Morgan fingerprint density at radius 1 is 1.05 bits per heavy atom. The van der Waals surface area contributed by atoms with Crippen LogP contribution in [-0.2, 0) is 13.1 Å². The van der Waals surface area contributed by atoms with Crippen molar-refractivity contribution in [2.24, 2.45) is 0 Å². The van der Waals surface area contributed by atoms with Crippen LogP contribution in [0.25, 0.3) is 0 Å². The van der Waals surface area contributed by atoms with Crippen LogP contribution in [0.5, 0.6) is 0 Å². The smallest absolute Gasteiger partial charge is 0.269 e. The molecule has 0 bridgehead atoms. The number of pyridine rings is 1. The summed E-state index contributed by atoms with van der Waals surface area (Å²) in [5.74, 6) is 0.0296.